The zero-order valence-corrected chi connectivity index (χ0v) is 13.0. The quantitative estimate of drug-likeness (QED) is 0.817. The lowest BCUT2D eigenvalue weighted by Gasteiger charge is -2.24. The van der Waals surface area contributed by atoms with E-state index in [9.17, 15) is 18.8 Å². The number of hydrogen-bond donors (Lipinski definition) is 2. The number of aromatic nitrogens is 2. The first-order valence-corrected chi connectivity index (χ1v) is 7.12. The Bertz CT molecular complexity index is 930. The van der Waals surface area contributed by atoms with Gasteiger partial charge < -0.3 is 15.2 Å². The third kappa shape index (κ3) is 2.78. The van der Waals surface area contributed by atoms with Crippen LogP contribution in [0.5, 0.6) is 5.88 Å². The molecule has 0 fully saturated rings. The van der Waals surface area contributed by atoms with Crippen molar-refractivity contribution in [3.8, 4) is 11.9 Å². The summed E-state index contributed by atoms with van der Waals surface area (Å²) in [5, 5.41) is 16.0. The number of nitrogens with two attached hydrogens (primary N) is 1. The number of nitrogens with zero attached hydrogens (tertiary/aromatic N) is 2. The molecule has 0 saturated carbocycles. The van der Waals surface area contributed by atoms with E-state index in [1.807, 2.05) is 6.07 Å². The van der Waals surface area contributed by atoms with Gasteiger partial charge in [-0.05, 0) is 6.07 Å². The standard InChI is InChI=1S/C16H12F2N4O3/c1-24-12(23)5-11-14-13(8-3-2-7(17)4-10(8)18)9(6-19)15(20)25-16(14)22-21-11/h2-4,13H,5,20H2,1H3,(H,21,22)/t13-/m0/s1. The molecular formula is C16H12F2N4O3. The second kappa shape index (κ2) is 6.24. The van der Waals surface area contributed by atoms with Gasteiger partial charge in [0.05, 0.1) is 30.7 Å². The summed E-state index contributed by atoms with van der Waals surface area (Å²) in [6.07, 6.45) is -0.194. The Kier molecular flexibility index (Phi) is 4.10. The molecule has 128 valence electrons. The fraction of sp³-hybridized carbons (Fsp3) is 0.188. The largest absolute Gasteiger partial charge is 0.469 e. The average molecular weight is 346 g/mol. The molecule has 0 unspecified atom stereocenters. The Morgan fingerprint density at radius 2 is 2.28 bits per heavy atom. The molecule has 0 radical (unpaired) electrons. The van der Waals surface area contributed by atoms with Crippen LogP contribution in [0.25, 0.3) is 0 Å². The van der Waals surface area contributed by atoms with Crippen LogP contribution in [0.4, 0.5) is 8.78 Å². The third-order valence-electron chi connectivity index (χ3n) is 3.84. The van der Waals surface area contributed by atoms with Crippen molar-refractivity contribution in [2.45, 2.75) is 12.3 Å². The molecule has 1 aliphatic heterocycles. The maximum atomic E-state index is 14.4. The summed E-state index contributed by atoms with van der Waals surface area (Å²) in [6, 6.07) is 4.87. The normalized spacial score (nSPS) is 16.0. The summed E-state index contributed by atoms with van der Waals surface area (Å²) < 4.78 is 37.5. The first-order chi connectivity index (χ1) is 12.0. The summed E-state index contributed by atoms with van der Waals surface area (Å²) in [7, 11) is 1.22. The lowest BCUT2D eigenvalue weighted by atomic mass is 9.83. The van der Waals surface area contributed by atoms with E-state index in [2.05, 4.69) is 14.9 Å². The lowest BCUT2D eigenvalue weighted by Crippen LogP contribution is -2.22. The van der Waals surface area contributed by atoms with Crippen LogP contribution in [0.1, 0.15) is 22.7 Å². The number of carbonyl (C=O) groups is 1. The van der Waals surface area contributed by atoms with Crippen LogP contribution in [0.2, 0.25) is 0 Å². The van der Waals surface area contributed by atoms with Gasteiger partial charge in [-0.3, -0.25) is 9.89 Å². The van der Waals surface area contributed by atoms with Crippen LogP contribution in [-0.2, 0) is 16.0 Å². The van der Waals surface area contributed by atoms with Crippen LogP contribution in [0, 0.1) is 23.0 Å². The van der Waals surface area contributed by atoms with Gasteiger partial charge in [-0.2, -0.15) is 5.26 Å². The van der Waals surface area contributed by atoms with Crippen LogP contribution in [0.15, 0.2) is 29.7 Å². The van der Waals surface area contributed by atoms with Crippen LogP contribution < -0.4 is 10.5 Å². The maximum absolute atomic E-state index is 14.4. The second-order valence-corrected chi connectivity index (χ2v) is 5.26. The highest BCUT2D eigenvalue weighted by molar-refractivity contribution is 5.73. The van der Waals surface area contributed by atoms with E-state index < -0.39 is 23.5 Å². The van der Waals surface area contributed by atoms with E-state index >= 15 is 0 Å². The number of hydrogen-bond acceptors (Lipinski definition) is 6. The number of methoxy groups -OCH3 is 1. The number of rotatable bonds is 3. The Morgan fingerprint density at radius 1 is 1.52 bits per heavy atom. The zero-order chi connectivity index (χ0) is 18.1. The topological polar surface area (TPSA) is 114 Å². The molecule has 1 aliphatic rings. The monoisotopic (exact) mass is 346 g/mol. The third-order valence-corrected chi connectivity index (χ3v) is 3.84. The lowest BCUT2D eigenvalue weighted by molar-refractivity contribution is -0.139. The average Bonchev–Trinajstić information content (AvgIpc) is 2.96. The molecule has 2 heterocycles. The van der Waals surface area contributed by atoms with Gasteiger partial charge in [0.15, 0.2) is 0 Å². The van der Waals surface area contributed by atoms with Gasteiger partial charge in [-0.1, -0.05) is 6.07 Å². The number of nitriles is 1. The Balaban J connectivity index is 2.20. The Morgan fingerprint density at radius 3 is 2.92 bits per heavy atom. The molecule has 1 aromatic heterocycles. The number of aromatic amines is 1. The molecule has 9 heteroatoms. The molecule has 1 aromatic carbocycles. The van der Waals surface area contributed by atoms with Gasteiger partial charge in [0, 0.05) is 11.6 Å². The molecular weight excluding hydrogens is 334 g/mol. The number of halogens is 2. The van der Waals surface area contributed by atoms with Gasteiger partial charge >= 0.3 is 5.97 Å². The number of benzene rings is 1. The van der Waals surface area contributed by atoms with E-state index in [4.69, 9.17) is 10.5 Å². The van der Waals surface area contributed by atoms with Crippen molar-refractivity contribution in [3.63, 3.8) is 0 Å². The molecule has 0 bridgehead atoms. The number of ether oxygens (including phenoxy) is 2. The van der Waals surface area contributed by atoms with Crippen LogP contribution in [0.3, 0.4) is 0 Å². The Hall–Kier alpha value is -3.41. The van der Waals surface area contributed by atoms with Crippen molar-refractivity contribution in [2.75, 3.05) is 7.11 Å². The predicted molar refractivity (Wildman–Crippen MR) is 80.0 cm³/mol. The molecule has 3 rings (SSSR count). The zero-order valence-electron chi connectivity index (χ0n) is 13.0. The van der Waals surface area contributed by atoms with E-state index in [0.717, 1.165) is 6.07 Å². The highest BCUT2D eigenvalue weighted by Crippen LogP contribution is 2.43. The smallest absolute Gasteiger partial charge is 0.311 e. The number of carbonyl (C=O) groups excluding carboxylic acids is 1. The minimum atomic E-state index is -0.993. The summed E-state index contributed by atoms with van der Waals surface area (Å²) in [6.45, 7) is 0. The summed E-state index contributed by atoms with van der Waals surface area (Å²) in [4.78, 5) is 11.6. The SMILES string of the molecule is COC(=O)Cc1[nH]nc2c1[C@@H](c1ccc(F)cc1F)C(C#N)=C(N)O2. The highest BCUT2D eigenvalue weighted by atomic mass is 19.1. The van der Waals surface area contributed by atoms with Gasteiger partial charge in [0.1, 0.15) is 23.3 Å². The summed E-state index contributed by atoms with van der Waals surface area (Å²) in [5.41, 5.74) is 6.26. The van der Waals surface area contributed by atoms with Crippen LogP contribution in [-0.4, -0.2) is 23.3 Å². The summed E-state index contributed by atoms with van der Waals surface area (Å²) in [5.74, 6) is -3.39. The van der Waals surface area contributed by atoms with Crippen molar-refractivity contribution in [1.82, 2.24) is 10.2 Å². The first-order valence-electron chi connectivity index (χ1n) is 7.12. The second-order valence-electron chi connectivity index (χ2n) is 5.26. The molecule has 1 atom stereocenters. The van der Waals surface area contributed by atoms with Crippen molar-refractivity contribution in [3.05, 3.63) is 58.1 Å². The van der Waals surface area contributed by atoms with Crippen molar-refractivity contribution in [2.24, 2.45) is 5.73 Å². The Labute approximate surface area is 140 Å². The predicted octanol–water partition coefficient (Wildman–Crippen LogP) is 1.62. The van der Waals surface area contributed by atoms with E-state index in [0.29, 0.717) is 6.07 Å². The van der Waals surface area contributed by atoms with E-state index in [1.54, 1.807) is 0 Å². The molecule has 7 nitrogen and oxygen atoms in total. The van der Waals surface area contributed by atoms with Crippen LogP contribution >= 0.6 is 0 Å². The molecule has 2 aromatic rings. The number of esters is 1. The molecule has 0 aliphatic carbocycles. The minimum absolute atomic E-state index is 0.0120. The summed E-state index contributed by atoms with van der Waals surface area (Å²) >= 11 is 0. The number of nitrogens with one attached hydrogen (secondary N) is 1. The number of allylic oxidation sites excluding steroid dienone is 1. The van der Waals surface area contributed by atoms with E-state index in [-0.39, 0.29) is 40.6 Å². The maximum Gasteiger partial charge on any atom is 0.311 e. The van der Waals surface area contributed by atoms with Crippen molar-refractivity contribution in [1.29, 1.82) is 5.26 Å². The van der Waals surface area contributed by atoms with Crippen molar-refractivity contribution >= 4 is 5.97 Å². The fourth-order valence-corrected chi connectivity index (χ4v) is 2.71. The molecule has 25 heavy (non-hydrogen) atoms. The van der Waals surface area contributed by atoms with Crippen molar-refractivity contribution < 1.29 is 23.0 Å². The number of fused-ring (bicyclic) bond motifs is 1. The molecule has 0 saturated heterocycles. The highest BCUT2D eigenvalue weighted by Gasteiger charge is 2.37. The first kappa shape index (κ1) is 16.4. The van der Waals surface area contributed by atoms with E-state index in [1.165, 1.54) is 13.2 Å². The molecule has 0 amide bonds. The molecule has 0 spiro atoms. The molecule has 3 N–H and O–H groups in total. The van der Waals surface area contributed by atoms with Gasteiger partial charge in [0.2, 0.25) is 11.8 Å². The number of H-pyrrole nitrogens is 1. The van der Waals surface area contributed by atoms with Gasteiger partial charge in [-0.15, -0.1) is 5.10 Å². The van der Waals surface area contributed by atoms with Gasteiger partial charge in [-0.25, -0.2) is 8.78 Å². The van der Waals surface area contributed by atoms with Gasteiger partial charge in [0.25, 0.3) is 0 Å². The minimum Gasteiger partial charge on any atom is -0.469 e. The fourth-order valence-electron chi connectivity index (χ4n) is 2.71.